The molecular weight excluding hydrogens is 291 g/mol. The molecule has 1 radical (unpaired) electrons. The maximum absolute atomic E-state index is 8.92. The Morgan fingerprint density at radius 1 is 0.684 bits per heavy atom. The molecule has 0 aliphatic heterocycles. The number of phenolic OH excluding ortho intramolecular Hbond substituents is 2. The molecule has 0 spiro atoms. The maximum atomic E-state index is 8.92. The largest absolute Gasteiger partial charge is 0.507 e. The van der Waals surface area contributed by atoms with Crippen LogP contribution in [0.2, 0.25) is 0 Å². The molecule has 0 aliphatic carbocycles. The summed E-state index contributed by atoms with van der Waals surface area (Å²) in [5, 5.41) is 17.8. The quantitative estimate of drug-likeness (QED) is 0.655. The monoisotopic (exact) mass is 305 g/mol. The van der Waals surface area contributed by atoms with E-state index in [0.717, 1.165) is 12.6 Å². The zero-order valence-corrected chi connectivity index (χ0v) is 10.9. The Balaban J connectivity index is 0.000000324. The van der Waals surface area contributed by atoms with Crippen molar-refractivity contribution in [1.82, 2.24) is 0 Å². The van der Waals surface area contributed by atoms with Crippen molar-refractivity contribution in [3.8, 4) is 11.5 Å². The van der Waals surface area contributed by atoms with E-state index in [2.05, 4.69) is 0 Å². The van der Waals surface area contributed by atoms with E-state index in [4.69, 9.17) is 19.8 Å². The number of rotatable bonds is 2. The van der Waals surface area contributed by atoms with Crippen LogP contribution < -0.4 is 0 Å². The predicted molar refractivity (Wildman–Crippen MR) is 70.4 cm³/mol. The number of para-hydroxylation sites is 2. The van der Waals surface area contributed by atoms with Crippen molar-refractivity contribution >= 4 is 12.6 Å². The fourth-order valence-electron chi connectivity index (χ4n) is 1.19. The van der Waals surface area contributed by atoms with E-state index in [-0.39, 0.29) is 28.3 Å². The Bertz CT molecular complexity index is 491. The van der Waals surface area contributed by atoms with Gasteiger partial charge in [-0.1, -0.05) is 24.3 Å². The molecule has 0 saturated carbocycles. The molecule has 0 aliphatic rings. The van der Waals surface area contributed by atoms with Crippen molar-refractivity contribution in [3.63, 3.8) is 0 Å². The van der Waals surface area contributed by atoms with Gasteiger partial charge in [0.25, 0.3) is 0 Å². The summed E-state index contributed by atoms with van der Waals surface area (Å²) < 4.78 is 0. The van der Waals surface area contributed by atoms with E-state index in [0.29, 0.717) is 11.1 Å². The second-order valence-corrected chi connectivity index (χ2v) is 3.38. The molecule has 0 bridgehead atoms. The summed E-state index contributed by atoms with van der Waals surface area (Å²) in [6.45, 7) is 0. The van der Waals surface area contributed by atoms with Gasteiger partial charge in [-0.2, -0.15) is 0 Å². The number of aldehydes is 2. The van der Waals surface area contributed by atoms with E-state index < -0.39 is 0 Å². The Hall–Kier alpha value is -2.11. The van der Waals surface area contributed by atoms with Gasteiger partial charge in [-0.25, -0.2) is 0 Å². The summed E-state index contributed by atoms with van der Waals surface area (Å²) in [7, 11) is 0. The van der Waals surface area contributed by atoms with Gasteiger partial charge >= 0.3 is 12.6 Å². The number of hydrogen-bond donors (Lipinski definition) is 2. The zero-order valence-electron chi connectivity index (χ0n) is 9.90. The second-order valence-electron chi connectivity index (χ2n) is 3.38. The molecule has 0 unspecified atom stereocenters. The molecule has 0 fully saturated rings. The van der Waals surface area contributed by atoms with Gasteiger partial charge in [0.1, 0.15) is 22.6 Å². The maximum Gasteiger partial charge on any atom is 0.316 e. The Kier molecular flexibility index (Phi) is 7.91. The Labute approximate surface area is 120 Å². The first-order chi connectivity index (χ1) is 8.69. The van der Waals surface area contributed by atoms with Crippen molar-refractivity contribution in [2.45, 2.75) is 0 Å². The first-order valence-corrected chi connectivity index (χ1v) is 5.20. The summed E-state index contributed by atoms with van der Waals surface area (Å²) in [4.78, 5) is 16.9. The average molecular weight is 305 g/mol. The van der Waals surface area contributed by atoms with Crippen LogP contribution in [0.3, 0.4) is 0 Å². The van der Waals surface area contributed by atoms with Gasteiger partial charge in [0.2, 0.25) is 0 Å². The third kappa shape index (κ3) is 5.37. The van der Waals surface area contributed by atoms with E-state index in [9.17, 15) is 0 Å². The summed E-state index contributed by atoms with van der Waals surface area (Å²) in [5.74, 6) is 0.194. The summed E-state index contributed by atoms with van der Waals surface area (Å²) in [6, 6.07) is 13.1. The molecule has 0 aromatic heterocycles. The third-order valence-corrected chi connectivity index (χ3v) is 2.15. The first kappa shape index (κ1) is 16.9. The first-order valence-electron chi connectivity index (χ1n) is 5.20. The van der Waals surface area contributed by atoms with Gasteiger partial charge in [-0.05, 0) is 24.3 Å². The number of benzene rings is 2. The summed E-state index contributed by atoms with van der Waals surface area (Å²) in [6.07, 6.45) is 1.74. The molecule has 4 nitrogen and oxygen atoms in total. The average Bonchev–Trinajstić information content (AvgIpc) is 2.41. The molecule has 2 aromatic carbocycles. The fourth-order valence-corrected chi connectivity index (χ4v) is 1.19. The standard InChI is InChI=1S/2C7H6O2.Co/c2*8-5-6-3-1-2-4-7(6)9;/h2*1-5,9H;/p+2. The van der Waals surface area contributed by atoms with Crippen LogP contribution in [-0.4, -0.2) is 32.4 Å². The molecule has 5 heteroatoms. The minimum atomic E-state index is 0. The summed E-state index contributed by atoms with van der Waals surface area (Å²) in [5.41, 5.74) is 0.884. The Morgan fingerprint density at radius 3 is 1.21 bits per heavy atom. The van der Waals surface area contributed by atoms with Crippen molar-refractivity contribution in [2.24, 2.45) is 0 Å². The smallest absolute Gasteiger partial charge is 0.316 e. The van der Waals surface area contributed by atoms with Crippen LogP contribution in [0, 0.1) is 0 Å². The molecule has 2 rings (SSSR count). The van der Waals surface area contributed by atoms with E-state index in [1.54, 1.807) is 36.4 Å². The number of aromatic hydroxyl groups is 2. The van der Waals surface area contributed by atoms with E-state index >= 15 is 0 Å². The van der Waals surface area contributed by atoms with Crippen LogP contribution in [0.4, 0.5) is 0 Å². The third-order valence-electron chi connectivity index (χ3n) is 2.15. The van der Waals surface area contributed by atoms with Gasteiger partial charge in [-0.15, -0.1) is 0 Å². The van der Waals surface area contributed by atoms with Crippen LogP contribution in [0.25, 0.3) is 0 Å². The number of hydrogen-bond acceptors (Lipinski definition) is 2. The molecule has 101 valence electrons. The van der Waals surface area contributed by atoms with Gasteiger partial charge in [-0.3, -0.25) is 9.59 Å². The molecule has 0 saturated heterocycles. The normalized spacial score (nSPS) is 8.42. The van der Waals surface area contributed by atoms with E-state index in [1.165, 1.54) is 12.1 Å². The predicted octanol–water partition coefficient (Wildman–Crippen LogP) is 1.83. The minimum Gasteiger partial charge on any atom is -0.507 e. The van der Waals surface area contributed by atoms with Crippen molar-refractivity contribution in [2.75, 3.05) is 0 Å². The molecule has 4 N–H and O–H groups in total. The fraction of sp³-hybridized carbons (Fsp3) is 0. The van der Waals surface area contributed by atoms with E-state index in [1.807, 2.05) is 0 Å². The van der Waals surface area contributed by atoms with Gasteiger partial charge < -0.3 is 10.2 Å². The molecule has 0 atom stereocenters. The Morgan fingerprint density at radius 2 is 1.00 bits per heavy atom. The van der Waals surface area contributed by atoms with Crippen LogP contribution >= 0.6 is 0 Å². The molecule has 19 heavy (non-hydrogen) atoms. The SMILES string of the molecule is Oc1ccccc1C=[OH+].Oc1ccccc1C=[OH+].[Co]. The minimum absolute atomic E-state index is 0. The van der Waals surface area contributed by atoms with Crippen molar-refractivity contribution in [3.05, 3.63) is 59.7 Å². The van der Waals surface area contributed by atoms with Crippen LogP contribution in [0.15, 0.2) is 48.5 Å². The topological polar surface area (TPSA) is 83.3 Å². The molecule has 2 aromatic rings. The summed E-state index contributed by atoms with van der Waals surface area (Å²) >= 11 is 0. The van der Waals surface area contributed by atoms with Crippen LogP contribution in [0.5, 0.6) is 11.5 Å². The van der Waals surface area contributed by atoms with Crippen molar-refractivity contribution < 1.29 is 36.6 Å². The molecule has 0 heterocycles. The molecule has 0 amide bonds. The number of carbonyl (C=O) groups excluding carboxylic acids is 2. The van der Waals surface area contributed by atoms with Crippen LogP contribution in [0.1, 0.15) is 11.1 Å². The number of phenols is 2. The van der Waals surface area contributed by atoms with Crippen molar-refractivity contribution in [1.29, 1.82) is 0 Å². The van der Waals surface area contributed by atoms with Gasteiger partial charge in [0.15, 0.2) is 0 Å². The van der Waals surface area contributed by atoms with Gasteiger partial charge in [0.05, 0.1) is 0 Å². The molecular formula is C14H14CoO4+2. The second kappa shape index (κ2) is 8.90. The zero-order chi connectivity index (χ0) is 13.4. The van der Waals surface area contributed by atoms with Gasteiger partial charge in [0, 0.05) is 16.8 Å². The van der Waals surface area contributed by atoms with Crippen LogP contribution in [-0.2, 0) is 16.8 Å².